The van der Waals surface area contributed by atoms with Gasteiger partial charge >= 0.3 is 11.9 Å². The molecule has 1 aromatic carbocycles. The zero-order chi connectivity index (χ0) is 22.8. The SMILES string of the molecule is Cc1nc(C)c(/C=C/C(=O)Oc2ccccc2C(=O)OCCCCO[N+](=O)[O-])nc1C. The number of unbranched alkanes of at least 4 members (excludes halogenated alkanes) is 1. The third kappa shape index (κ3) is 7.50. The van der Waals surface area contributed by atoms with E-state index < -0.39 is 17.0 Å². The quantitative estimate of drug-likeness (QED) is 0.139. The summed E-state index contributed by atoms with van der Waals surface area (Å²) in [4.78, 5) is 47.5. The molecular formula is C21H23N3O7. The molecule has 31 heavy (non-hydrogen) atoms. The highest BCUT2D eigenvalue weighted by atomic mass is 16.9. The van der Waals surface area contributed by atoms with E-state index in [0.717, 1.165) is 11.4 Å². The Balaban J connectivity index is 1.95. The summed E-state index contributed by atoms with van der Waals surface area (Å²) in [7, 11) is 0. The number of aromatic nitrogens is 2. The van der Waals surface area contributed by atoms with Crippen LogP contribution in [0.15, 0.2) is 30.3 Å². The van der Waals surface area contributed by atoms with Gasteiger partial charge in [0.05, 0.1) is 36.0 Å². The summed E-state index contributed by atoms with van der Waals surface area (Å²) < 4.78 is 10.4. The Kier molecular flexibility index (Phi) is 8.62. The van der Waals surface area contributed by atoms with E-state index in [2.05, 4.69) is 14.8 Å². The molecule has 0 saturated heterocycles. The maximum absolute atomic E-state index is 12.3. The Morgan fingerprint density at radius 3 is 2.45 bits per heavy atom. The van der Waals surface area contributed by atoms with Gasteiger partial charge in [-0.1, -0.05) is 12.1 Å². The molecule has 10 heteroatoms. The second kappa shape index (κ2) is 11.4. The molecule has 0 N–H and O–H groups in total. The molecule has 0 aliphatic carbocycles. The van der Waals surface area contributed by atoms with Crippen LogP contribution in [0.25, 0.3) is 6.08 Å². The van der Waals surface area contributed by atoms with Gasteiger partial charge in [0.15, 0.2) is 0 Å². The molecular weight excluding hydrogens is 406 g/mol. The lowest BCUT2D eigenvalue weighted by Crippen LogP contribution is -2.12. The number of hydrogen-bond acceptors (Lipinski definition) is 9. The highest BCUT2D eigenvalue weighted by Crippen LogP contribution is 2.20. The lowest BCUT2D eigenvalue weighted by molar-refractivity contribution is -0.757. The van der Waals surface area contributed by atoms with Crippen molar-refractivity contribution in [3.8, 4) is 5.75 Å². The summed E-state index contributed by atoms with van der Waals surface area (Å²) >= 11 is 0. The van der Waals surface area contributed by atoms with Crippen LogP contribution in [0.4, 0.5) is 0 Å². The minimum atomic E-state index is -0.876. The lowest BCUT2D eigenvalue weighted by atomic mass is 10.2. The van der Waals surface area contributed by atoms with Crippen molar-refractivity contribution < 1.29 is 29.0 Å². The minimum absolute atomic E-state index is 0.0484. The first-order valence-corrected chi connectivity index (χ1v) is 9.53. The van der Waals surface area contributed by atoms with Crippen LogP contribution < -0.4 is 4.74 Å². The van der Waals surface area contributed by atoms with Crippen molar-refractivity contribution in [3.63, 3.8) is 0 Å². The maximum atomic E-state index is 12.3. The van der Waals surface area contributed by atoms with Crippen LogP contribution in [-0.2, 0) is 14.4 Å². The average molecular weight is 429 g/mol. The van der Waals surface area contributed by atoms with E-state index >= 15 is 0 Å². The second-order valence-electron chi connectivity index (χ2n) is 6.52. The van der Waals surface area contributed by atoms with Gasteiger partial charge in [0.2, 0.25) is 0 Å². The average Bonchev–Trinajstić information content (AvgIpc) is 2.72. The number of carbonyl (C=O) groups is 2. The molecule has 0 atom stereocenters. The molecule has 0 radical (unpaired) electrons. The summed E-state index contributed by atoms with van der Waals surface area (Å²) in [6.07, 6.45) is 3.46. The van der Waals surface area contributed by atoms with Crippen molar-refractivity contribution in [2.45, 2.75) is 33.6 Å². The topological polar surface area (TPSA) is 131 Å². The van der Waals surface area contributed by atoms with E-state index in [1.54, 1.807) is 19.1 Å². The highest BCUT2D eigenvalue weighted by molar-refractivity contribution is 5.95. The molecule has 0 amide bonds. The first-order valence-electron chi connectivity index (χ1n) is 9.53. The first-order chi connectivity index (χ1) is 14.8. The molecule has 0 spiro atoms. The van der Waals surface area contributed by atoms with E-state index in [-0.39, 0.29) is 24.5 Å². The molecule has 0 fully saturated rings. The largest absolute Gasteiger partial charge is 0.462 e. The molecule has 0 saturated carbocycles. The maximum Gasteiger partial charge on any atom is 0.341 e. The predicted molar refractivity (Wildman–Crippen MR) is 110 cm³/mol. The summed E-state index contributed by atoms with van der Waals surface area (Å²) in [6.45, 7) is 5.45. The normalized spacial score (nSPS) is 10.7. The second-order valence-corrected chi connectivity index (χ2v) is 6.52. The van der Waals surface area contributed by atoms with Gasteiger partial charge in [-0.25, -0.2) is 14.6 Å². The van der Waals surface area contributed by atoms with Crippen molar-refractivity contribution in [2.75, 3.05) is 13.2 Å². The van der Waals surface area contributed by atoms with Crippen LogP contribution in [0.2, 0.25) is 0 Å². The molecule has 0 aliphatic rings. The van der Waals surface area contributed by atoms with Gasteiger partial charge in [-0.2, -0.15) is 0 Å². The molecule has 0 unspecified atom stereocenters. The zero-order valence-corrected chi connectivity index (χ0v) is 17.5. The Morgan fingerprint density at radius 2 is 1.71 bits per heavy atom. The number of para-hydroxylation sites is 1. The van der Waals surface area contributed by atoms with E-state index in [1.165, 1.54) is 24.3 Å². The smallest absolute Gasteiger partial charge is 0.341 e. The fourth-order valence-corrected chi connectivity index (χ4v) is 2.49. The number of esters is 2. The minimum Gasteiger partial charge on any atom is -0.462 e. The third-order valence-electron chi connectivity index (χ3n) is 4.18. The number of hydrogen-bond donors (Lipinski definition) is 0. The number of ether oxygens (including phenoxy) is 2. The van der Waals surface area contributed by atoms with Crippen molar-refractivity contribution in [2.24, 2.45) is 0 Å². The van der Waals surface area contributed by atoms with E-state index in [0.29, 0.717) is 24.2 Å². The summed E-state index contributed by atoms with van der Waals surface area (Å²) in [5, 5.41) is 9.19. The van der Waals surface area contributed by atoms with Gasteiger partial charge in [-0.3, -0.25) is 4.98 Å². The van der Waals surface area contributed by atoms with Gasteiger partial charge in [0.25, 0.3) is 5.09 Å². The molecule has 0 aliphatic heterocycles. The van der Waals surface area contributed by atoms with Gasteiger partial charge in [-0.15, -0.1) is 10.1 Å². The van der Waals surface area contributed by atoms with Gasteiger partial charge < -0.3 is 14.3 Å². The van der Waals surface area contributed by atoms with E-state index in [4.69, 9.17) is 9.47 Å². The molecule has 1 heterocycles. The van der Waals surface area contributed by atoms with Crippen molar-refractivity contribution >= 4 is 18.0 Å². The fourth-order valence-electron chi connectivity index (χ4n) is 2.49. The standard InChI is InChI=1S/C21H23N3O7/c1-14-15(2)23-18(16(3)22-14)10-11-20(25)31-19-9-5-4-8-17(19)21(26)29-12-6-7-13-30-24(27)28/h4-5,8-11H,6-7,12-13H2,1-3H3/b11-10+. The summed E-state index contributed by atoms with van der Waals surface area (Å²) in [5.74, 6) is -1.29. The van der Waals surface area contributed by atoms with Gasteiger partial charge in [-0.05, 0) is 51.8 Å². The van der Waals surface area contributed by atoms with Crippen LogP contribution >= 0.6 is 0 Å². The number of rotatable bonds is 10. The Labute approximate surface area is 179 Å². The van der Waals surface area contributed by atoms with Crippen LogP contribution in [0.1, 0.15) is 46.0 Å². The van der Waals surface area contributed by atoms with E-state index in [1.807, 2.05) is 13.8 Å². The third-order valence-corrected chi connectivity index (χ3v) is 4.18. The Hall–Kier alpha value is -3.82. The molecule has 2 aromatic rings. The van der Waals surface area contributed by atoms with Gasteiger partial charge in [0.1, 0.15) is 11.3 Å². The molecule has 0 bridgehead atoms. The van der Waals surface area contributed by atoms with Crippen LogP contribution in [-0.4, -0.2) is 40.2 Å². The van der Waals surface area contributed by atoms with Crippen molar-refractivity contribution in [1.82, 2.24) is 9.97 Å². The molecule has 1 aromatic heterocycles. The summed E-state index contributed by atoms with van der Waals surface area (Å²) in [6, 6.07) is 6.19. The van der Waals surface area contributed by atoms with Crippen molar-refractivity contribution in [1.29, 1.82) is 0 Å². The zero-order valence-electron chi connectivity index (χ0n) is 17.5. The molecule has 2 rings (SSSR count). The van der Waals surface area contributed by atoms with Crippen molar-refractivity contribution in [3.05, 3.63) is 68.8 Å². The fraction of sp³-hybridized carbons (Fsp3) is 0.333. The van der Waals surface area contributed by atoms with Crippen LogP contribution in [0, 0.1) is 30.9 Å². The number of aryl methyl sites for hydroxylation is 3. The molecule has 164 valence electrons. The summed E-state index contributed by atoms with van der Waals surface area (Å²) in [5.41, 5.74) is 2.90. The van der Waals surface area contributed by atoms with Crippen LogP contribution in [0.5, 0.6) is 5.75 Å². The monoisotopic (exact) mass is 429 g/mol. The Bertz CT molecular complexity index is 989. The predicted octanol–water partition coefficient (Wildman–Crippen LogP) is 3.17. The van der Waals surface area contributed by atoms with Gasteiger partial charge in [0, 0.05) is 6.08 Å². The van der Waals surface area contributed by atoms with Crippen LogP contribution in [0.3, 0.4) is 0 Å². The first kappa shape index (κ1) is 23.5. The molecule has 10 nitrogen and oxygen atoms in total. The number of benzene rings is 1. The number of nitrogens with zero attached hydrogens (tertiary/aromatic N) is 3. The van der Waals surface area contributed by atoms with E-state index in [9.17, 15) is 19.7 Å². The Morgan fingerprint density at radius 1 is 1.03 bits per heavy atom. The lowest BCUT2D eigenvalue weighted by Gasteiger charge is -2.09. The number of carbonyl (C=O) groups excluding carboxylic acids is 2. The highest BCUT2D eigenvalue weighted by Gasteiger charge is 2.15.